The molecule has 0 aromatic heterocycles. The SMILES string of the molecule is C=C(C=CCCCCC(C)C=O)C(=O)O. The molecule has 0 heterocycles. The lowest BCUT2D eigenvalue weighted by Gasteiger charge is -2.00. The zero-order valence-electron chi connectivity index (χ0n) is 9.11. The summed E-state index contributed by atoms with van der Waals surface area (Å²) in [6.45, 7) is 5.28. The van der Waals surface area contributed by atoms with E-state index in [0.29, 0.717) is 0 Å². The van der Waals surface area contributed by atoms with Gasteiger partial charge in [-0.15, -0.1) is 0 Å². The molecule has 0 saturated carbocycles. The first kappa shape index (κ1) is 13.6. The summed E-state index contributed by atoms with van der Waals surface area (Å²) in [5.41, 5.74) is 0.108. The Labute approximate surface area is 90.5 Å². The van der Waals surface area contributed by atoms with E-state index < -0.39 is 5.97 Å². The first-order valence-corrected chi connectivity index (χ1v) is 5.12. The van der Waals surface area contributed by atoms with Crippen molar-refractivity contribution in [1.29, 1.82) is 0 Å². The molecule has 0 fully saturated rings. The van der Waals surface area contributed by atoms with Crippen LogP contribution in [-0.4, -0.2) is 17.4 Å². The third-order valence-corrected chi connectivity index (χ3v) is 2.11. The molecular formula is C12H18O3. The predicted molar refractivity (Wildman–Crippen MR) is 59.6 cm³/mol. The van der Waals surface area contributed by atoms with E-state index in [0.717, 1.165) is 32.0 Å². The van der Waals surface area contributed by atoms with Crippen LogP contribution in [0.3, 0.4) is 0 Å². The van der Waals surface area contributed by atoms with Gasteiger partial charge in [0, 0.05) is 5.92 Å². The molecule has 0 aromatic rings. The van der Waals surface area contributed by atoms with E-state index in [1.165, 1.54) is 6.08 Å². The maximum absolute atomic E-state index is 10.4. The first-order chi connectivity index (χ1) is 7.07. The van der Waals surface area contributed by atoms with Gasteiger partial charge in [-0.1, -0.05) is 32.1 Å². The van der Waals surface area contributed by atoms with E-state index in [2.05, 4.69) is 6.58 Å². The molecule has 0 bridgehead atoms. The van der Waals surface area contributed by atoms with Crippen LogP contribution in [0.15, 0.2) is 24.3 Å². The molecule has 0 aliphatic carbocycles. The molecule has 3 heteroatoms. The van der Waals surface area contributed by atoms with E-state index in [4.69, 9.17) is 5.11 Å². The number of hydrogen-bond acceptors (Lipinski definition) is 2. The fourth-order valence-corrected chi connectivity index (χ4v) is 1.09. The van der Waals surface area contributed by atoms with Gasteiger partial charge in [0.05, 0.1) is 5.57 Å². The summed E-state index contributed by atoms with van der Waals surface area (Å²) >= 11 is 0. The summed E-state index contributed by atoms with van der Waals surface area (Å²) in [5.74, 6) is -0.858. The van der Waals surface area contributed by atoms with Gasteiger partial charge in [0.25, 0.3) is 0 Å². The second kappa shape index (κ2) is 7.97. The number of carboxylic acids is 1. The lowest BCUT2D eigenvalue weighted by molar-refractivity contribution is -0.132. The predicted octanol–water partition coefficient (Wildman–Crippen LogP) is 2.58. The van der Waals surface area contributed by atoms with Crippen LogP contribution in [-0.2, 0) is 9.59 Å². The lowest BCUT2D eigenvalue weighted by Crippen LogP contribution is -1.95. The third-order valence-electron chi connectivity index (χ3n) is 2.11. The van der Waals surface area contributed by atoms with Crippen LogP contribution >= 0.6 is 0 Å². The smallest absolute Gasteiger partial charge is 0.335 e. The molecule has 0 spiro atoms. The third kappa shape index (κ3) is 7.67. The van der Waals surface area contributed by atoms with Crippen molar-refractivity contribution in [3.63, 3.8) is 0 Å². The molecule has 0 saturated heterocycles. The number of allylic oxidation sites excluding steroid dienone is 1. The molecule has 0 rings (SSSR count). The molecule has 0 aliphatic rings. The molecule has 15 heavy (non-hydrogen) atoms. The Morgan fingerprint density at radius 1 is 1.47 bits per heavy atom. The van der Waals surface area contributed by atoms with E-state index >= 15 is 0 Å². The summed E-state index contributed by atoms with van der Waals surface area (Å²) in [5, 5.41) is 8.50. The highest BCUT2D eigenvalue weighted by molar-refractivity contribution is 5.88. The van der Waals surface area contributed by atoms with Gasteiger partial charge < -0.3 is 9.90 Å². The minimum Gasteiger partial charge on any atom is -0.478 e. The number of unbranched alkanes of at least 4 members (excludes halogenated alkanes) is 2. The van der Waals surface area contributed by atoms with Crippen molar-refractivity contribution < 1.29 is 14.7 Å². The maximum atomic E-state index is 10.4. The Morgan fingerprint density at radius 3 is 2.67 bits per heavy atom. The topological polar surface area (TPSA) is 54.4 Å². The van der Waals surface area contributed by atoms with Crippen molar-refractivity contribution in [2.75, 3.05) is 0 Å². The standard InChI is InChI=1S/C12H18O3/c1-10(9-13)7-5-3-4-6-8-11(2)12(14)15/h6,8-10H,2-5,7H2,1H3,(H,14,15). The molecule has 0 radical (unpaired) electrons. The zero-order chi connectivity index (χ0) is 11.7. The van der Waals surface area contributed by atoms with Crippen LogP contribution < -0.4 is 0 Å². The molecule has 84 valence electrons. The van der Waals surface area contributed by atoms with Gasteiger partial charge in [0.15, 0.2) is 0 Å². The van der Waals surface area contributed by atoms with Crippen molar-refractivity contribution in [1.82, 2.24) is 0 Å². The minimum absolute atomic E-state index is 0.108. The molecule has 1 unspecified atom stereocenters. The molecule has 1 N–H and O–H groups in total. The van der Waals surface area contributed by atoms with Crippen LogP contribution in [0, 0.1) is 5.92 Å². The van der Waals surface area contributed by atoms with Crippen LogP contribution in [0.25, 0.3) is 0 Å². The Hall–Kier alpha value is -1.38. The summed E-state index contributed by atoms with van der Waals surface area (Å²) in [6.07, 6.45) is 7.98. The molecule has 1 atom stereocenters. The van der Waals surface area contributed by atoms with Crippen molar-refractivity contribution in [3.05, 3.63) is 24.3 Å². The van der Waals surface area contributed by atoms with Crippen LogP contribution in [0.4, 0.5) is 0 Å². The Morgan fingerprint density at radius 2 is 2.13 bits per heavy atom. The average molecular weight is 210 g/mol. The lowest BCUT2D eigenvalue weighted by atomic mass is 10.0. The van der Waals surface area contributed by atoms with Gasteiger partial charge in [-0.2, -0.15) is 0 Å². The summed E-state index contributed by atoms with van der Waals surface area (Å²) in [7, 11) is 0. The number of aldehydes is 1. The van der Waals surface area contributed by atoms with Crippen molar-refractivity contribution in [2.45, 2.75) is 32.6 Å². The second-order valence-electron chi connectivity index (χ2n) is 3.63. The van der Waals surface area contributed by atoms with Gasteiger partial charge in [-0.25, -0.2) is 4.79 Å². The number of carbonyl (C=O) groups excluding carboxylic acids is 1. The normalized spacial score (nSPS) is 12.6. The maximum Gasteiger partial charge on any atom is 0.335 e. The summed E-state index contributed by atoms with van der Waals surface area (Å²) < 4.78 is 0. The quantitative estimate of drug-likeness (QED) is 0.290. The van der Waals surface area contributed by atoms with Gasteiger partial charge >= 0.3 is 5.97 Å². The van der Waals surface area contributed by atoms with E-state index in [1.807, 2.05) is 13.0 Å². The fraction of sp³-hybridized carbons (Fsp3) is 0.500. The molecule has 0 aliphatic heterocycles. The van der Waals surface area contributed by atoms with Crippen LogP contribution in [0.1, 0.15) is 32.6 Å². The molecule has 3 nitrogen and oxygen atoms in total. The average Bonchev–Trinajstić information content (AvgIpc) is 2.22. The summed E-state index contributed by atoms with van der Waals surface area (Å²) in [4.78, 5) is 20.7. The van der Waals surface area contributed by atoms with E-state index in [-0.39, 0.29) is 11.5 Å². The molecule has 0 aromatic carbocycles. The highest BCUT2D eigenvalue weighted by atomic mass is 16.4. The highest BCUT2D eigenvalue weighted by Gasteiger charge is 1.98. The number of carboxylic acid groups (broad SMARTS) is 1. The number of carbonyl (C=O) groups is 2. The Kier molecular flexibility index (Phi) is 7.24. The van der Waals surface area contributed by atoms with Gasteiger partial charge in [0.1, 0.15) is 6.29 Å². The van der Waals surface area contributed by atoms with Crippen LogP contribution in [0.2, 0.25) is 0 Å². The number of rotatable bonds is 8. The van der Waals surface area contributed by atoms with Crippen molar-refractivity contribution in [2.24, 2.45) is 5.92 Å². The fourth-order valence-electron chi connectivity index (χ4n) is 1.09. The zero-order valence-corrected chi connectivity index (χ0v) is 9.11. The van der Waals surface area contributed by atoms with E-state index in [9.17, 15) is 9.59 Å². The number of aliphatic carboxylic acids is 1. The first-order valence-electron chi connectivity index (χ1n) is 5.12. The van der Waals surface area contributed by atoms with Gasteiger partial charge in [-0.3, -0.25) is 0 Å². The number of hydrogen-bond donors (Lipinski definition) is 1. The highest BCUT2D eigenvalue weighted by Crippen LogP contribution is 2.07. The van der Waals surface area contributed by atoms with Gasteiger partial charge in [0.2, 0.25) is 0 Å². The van der Waals surface area contributed by atoms with E-state index in [1.54, 1.807) is 0 Å². The van der Waals surface area contributed by atoms with Gasteiger partial charge in [-0.05, 0) is 19.3 Å². The largest absolute Gasteiger partial charge is 0.478 e. The van der Waals surface area contributed by atoms with Crippen molar-refractivity contribution >= 4 is 12.3 Å². The molecule has 0 amide bonds. The molecular weight excluding hydrogens is 192 g/mol. The van der Waals surface area contributed by atoms with Crippen molar-refractivity contribution in [3.8, 4) is 0 Å². The Bertz CT molecular complexity index is 254. The summed E-state index contributed by atoms with van der Waals surface area (Å²) in [6, 6.07) is 0. The minimum atomic E-state index is -0.985. The van der Waals surface area contributed by atoms with Crippen LogP contribution in [0.5, 0.6) is 0 Å². The second-order valence-corrected chi connectivity index (χ2v) is 3.63. The Balaban J connectivity index is 3.50. The monoisotopic (exact) mass is 210 g/mol.